The van der Waals surface area contributed by atoms with Gasteiger partial charge in [0.05, 0.1) is 15.1 Å². The summed E-state index contributed by atoms with van der Waals surface area (Å²) in [4.78, 5) is 16.5. The molecule has 2 heterocycles. The van der Waals surface area contributed by atoms with Crippen LogP contribution in [0.15, 0.2) is 64.9 Å². The minimum absolute atomic E-state index is 0.0536. The summed E-state index contributed by atoms with van der Waals surface area (Å²) in [5.41, 5.74) is 2.04. The molecule has 3 aromatic rings. The number of fused-ring (bicyclic) bond motifs is 1. The van der Waals surface area contributed by atoms with Crippen LogP contribution >= 0.6 is 11.3 Å². The minimum atomic E-state index is -5.01. The molecule has 0 fully saturated rings. The molecule has 0 saturated carbocycles. The molecule has 3 N–H and O–H groups in total. The fourth-order valence-corrected chi connectivity index (χ4v) is 4.93. The van der Waals surface area contributed by atoms with E-state index in [4.69, 9.17) is 0 Å². The molecule has 1 aliphatic rings. The third-order valence-electron chi connectivity index (χ3n) is 4.60. The Morgan fingerprint density at radius 3 is 2.47 bits per heavy atom. The first-order valence-electron chi connectivity index (χ1n) is 9.03. The highest BCUT2D eigenvalue weighted by molar-refractivity contribution is 7.90. The number of hydrogen-bond acceptors (Lipinski definition) is 8. The molecule has 1 aliphatic heterocycles. The van der Waals surface area contributed by atoms with Crippen molar-refractivity contribution in [1.29, 1.82) is 0 Å². The average molecular weight is 484 g/mol. The SMILES string of the molecule is Cc1ccc(S(=O)(=O)NC(=O)C2=C(O)N(c3nc4ccccc4s3)NC2C(F)(F)F)cc1. The van der Waals surface area contributed by atoms with Crippen molar-refractivity contribution in [1.82, 2.24) is 15.1 Å². The van der Waals surface area contributed by atoms with Gasteiger partial charge in [0.15, 0.2) is 6.04 Å². The topological polar surface area (TPSA) is 112 Å². The number of aryl methyl sites for hydroxylation is 1. The monoisotopic (exact) mass is 484 g/mol. The molecule has 0 radical (unpaired) electrons. The first-order chi connectivity index (χ1) is 15.0. The van der Waals surface area contributed by atoms with E-state index in [1.807, 2.05) is 5.43 Å². The van der Waals surface area contributed by atoms with Gasteiger partial charge >= 0.3 is 6.18 Å². The van der Waals surface area contributed by atoms with Crippen molar-refractivity contribution in [2.24, 2.45) is 0 Å². The Morgan fingerprint density at radius 2 is 1.84 bits per heavy atom. The molecule has 0 saturated heterocycles. The summed E-state index contributed by atoms with van der Waals surface area (Å²) in [7, 11) is -4.48. The van der Waals surface area contributed by atoms with E-state index in [0.29, 0.717) is 15.2 Å². The highest BCUT2D eigenvalue weighted by atomic mass is 32.2. The summed E-state index contributed by atoms with van der Waals surface area (Å²) in [6, 6.07) is 9.44. The molecule has 1 aromatic heterocycles. The van der Waals surface area contributed by atoms with Gasteiger partial charge in [-0.1, -0.05) is 41.2 Å². The number of amides is 1. The zero-order valence-corrected chi connectivity index (χ0v) is 17.8. The molecular weight excluding hydrogens is 469 g/mol. The van der Waals surface area contributed by atoms with E-state index < -0.39 is 39.6 Å². The number of aliphatic hydroxyl groups is 1. The highest BCUT2D eigenvalue weighted by Gasteiger charge is 2.52. The lowest BCUT2D eigenvalue weighted by Gasteiger charge is -2.20. The van der Waals surface area contributed by atoms with Gasteiger partial charge in [0, 0.05) is 0 Å². The molecule has 168 valence electrons. The lowest BCUT2D eigenvalue weighted by Crippen LogP contribution is -2.48. The number of hydrogen-bond donors (Lipinski definition) is 3. The van der Waals surface area contributed by atoms with E-state index in [1.54, 1.807) is 35.9 Å². The number of aromatic nitrogens is 1. The van der Waals surface area contributed by atoms with E-state index >= 15 is 0 Å². The van der Waals surface area contributed by atoms with Crippen LogP contribution in [0.4, 0.5) is 18.3 Å². The van der Waals surface area contributed by atoms with Crippen LogP contribution in [0.3, 0.4) is 0 Å². The molecule has 1 unspecified atom stereocenters. The Labute approximate surface area is 184 Å². The maximum atomic E-state index is 13.7. The van der Waals surface area contributed by atoms with Crippen LogP contribution in [0, 0.1) is 6.92 Å². The van der Waals surface area contributed by atoms with Gasteiger partial charge in [-0.3, -0.25) is 4.79 Å². The molecule has 4 rings (SSSR count). The smallest absolute Gasteiger partial charge is 0.410 e. The van der Waals surface area contributed by atoms with Gasteiger partial charge in [-0.05, 0) is 31.2 Å². The summed E-state index contributed by atoms with van der Waals surface area (Å²) < 4.78 is 68.2. The van der Waals surface area contributed by atoms with Gasteiger partial charge in [0.1, 0.15) is 5.57 Å². The van der Waals surface area contributed by atoms with Crippen LogP contribution in [0.5, 0.6) is 0 Å². The molecule has 0 spiro atoms. The van der Waals surface area contributed by atoms with Gasteiger partial charge in [-0.15, -0.1) is 0 Å². The molecule has 32 heavy (non-hydrogen) atoms. The highest BCUT2D eigenvalue weighted by Crippen LogP contribution is 2.37. The van der Waals surface area contributed by atoms with Gasteiger partial charge < -0.3 is 5.11 Å². The Bertz CT molecular complexity index is 1300. The standard InChI is InChI=1S/C19H15F3N4O4S2/c1-10-6-8-11(9-7-10)32(29,30)25-16(27)14-15(19(20,21)22)24-26(17(14)28)18-23-12-4-2-3-5-13(12)31-18/h2-9,15,24,28H,1H3,(H,25,27). The van der Waals surface area contributed by atoms with Crippen molar-refractivity contribution in [2.75, 3.05) is 5.01 Å². The predicted octanol–water partition coefficient (Wildman–Crippen LogP) is 3.13. The van der Waals surface area contributed by atoms with Crippen LogP contribution < -0.4 is 15.2 Å². The number of hydrazine groups is 1. The zero-order valence-electron chi connectivity index (χ0n) is 16.2. The molecule has 1 atom stereocenters. The van der Waals surface area contributed by atoms with Crippen LogP contribution in [-0.2, 0) is 14.8 Å². The number of benzene rings is 2. The molecule has 2 aromatic carbocycles. The van der Waals surface area contributed by atoms with Crippen molar-refractivity contribution in [3.8, 4) is 0 Å². The fourth-order valence-electron chi connectivity index (χ4n) is 3.03. The number of nitrogens with zero attached hydrogens (tertiary/aromatic N) is 2. The number of aliphatic hydroxyl groups excluding tert-OH is 1. The Kier molecular flexibility index (Phi) is 5.35. The van der Waals surface area contributed by atoms with Crippen LogP contribution in [0.1, 0.15) is 5.56 Å². The molecule has 8 nitrogen and oxygen atoms in total. The van der Waals surface area contributed by atoms with Crippen LogP contribution in [-0.4, -0.2) is 36.6 Å². The molecule has 1 amide bonds. The predicted molar refractivity (Wildman–Crippen MR) is 111 cm³/mol. The third-order valence-corrected chi connectivity index (χ3v) is 6.97. The van der Waals surface area contributed by atoms with Gasteiger partial charge in [-0.25, -0.2) is 28.6 Å². The summed E-state index contributed by atoms with van der Waals surface area (Å²) >= 11 is 0.977. The van der Waals surface area contributed by atoms with Gasteiger partial charge in [0.2, 0.25) is 11.0 Å². The summed E-state index contributed by atoms with van der Waals surface area (Å²) in [6.07, 6.45) is -5.01. The summed E-state index contributed by atoms with van der Waals surface area (Å²) in [6.45, 7) is 1.71. The van der Waals surface area contributed by atoms with E-state index in [1.165, 1.54) is 24.3 Å². The number of sulfonamides is 1. The molecule has 0 aliphatic carbocycles. The Balaban J connectivity index is 1.71. The number of thiazole rings is 1. The summed E-state index contributed by atoms with van der Waals surface area (Å²) in [5, 5.41) is 11.1. The van der Waals surface area contributed by atoms with Crippen molar-refractivity contribution in [2.45, 2.75) is 24.0 Å². The fraction of sp³-hybridized carbons (Fsp3) is 0.158. The first kappa shape index (κ1) is 22.0. The van der Waals surface area contributed by atoms with Crippen LogP contribution in [0.25, 0.3) is 10.2 Å². The van der Waals surface area contributed by atoms with Gasteiger partial charge in [-0.2, -0.15) is 13.2 Å². The summed E-state index contributed by atoms with van der Waals surface area (Å²) in [5.74, 6) is -2.70. The maximum Gasteiger partial charge on any atom is 0.410 e. The average Bonchev–Trinajstić information content (AvgIpc) is 3.28. The molecule has 13 heteroatoms. The molecule has 0 bridgehead atoms. The largest absolute Gasteiger partial charge is 0.493 e. The van der Waals surface area contributed by atoms with Crippen molar-refractivity contribution >= 4 is 42.6 Å². The normalized spacial score (nSPS) is 17.2. The Morgan fingerprint density at radius 1 is 1.19 bits per heavy atom. The molecular formula is C19H15F3N4O4S2. The third kappa shape index (κ3) is 4.01. The number of anilines is 1. The van der Waals surface area contributed by atoms with Crippen molar-refractivity contribution < 1.29 is 31.5 Å². The second-order valence-electron chi connectivity index (χ2n) is 6.89. The Hall–Kier alpha value is -3.16. The first-order valence-corrected chi connectivity index (χ1v) is 11.3. The number of carbonyl (C=O) groups is 1. The number of rotatable bonds is 4. The van der Waals surface area contributed by atoms with E-state index in [9.17, 15) is 31.5 Å². The second-order valence-corrected chi connectivity index (χ2v) is 9.58. The van der Waals surface area contributed by atoms with Crippen molar-refractivity contribution in [3.05, 3.63) is 65.6 Å². The minimum Gasteiger partial charge on any atom is -0.493 e. The van der Waals surface area contributed by atoms with Crippen molar-refractivity contribution in [3.63, 3.8) is 0 Å². The van der Waals surface area contributed by atoms with E-state index in [-0.39, 0.29) is 10.0 Å². The number of nitrogens with one attached hydrogen (secondary N) is 2. The van der Waals surface area contributed by atoms with Crippen LogP contribution in [0.2, 0.25) is 0 Å². The quantitative estimate of drug-likeness (QED) is 0.522. The van der Waals surface area contributed by atoms with E-state index in [2.05, 4.69) is 4.98 Å². The van der Waals surface area contributed by atoms with E-state index in [0.717, 1.165) is 16.9 Å². The number of halogens is 3. The lowest BCUT2D eigenvalue weighted by atomic mass is 10.1. The maximum absolute atomic E-state index is 13.7. The number of para-hydroxylation sites is 1. The number of alkyl halides is 3. The second kappa shape index (κ2) is 7.76. The number of carbonyl (C=O) groups excluding carboxylic acids is 1. The van der Waals surface area contributed by atoms with Gasteiger partial charge in [0.25, 0.3) is 15.9 Å². The zero-order chi connectivity index (χ0) is 23.3. The lowest BCUT2D eigenvalue weighted by molar-refractivity contribution is -0.148.